The molecule has 6 heteroatoms. The number of pyridine rings is 1. The minimum atomic E-state index is -0.144. The molecule has 0 aliphatic carbocycles. The lowest BCUT2D eigenvalue weighted by molar-refractivity contribution is 0.0341. The maximum absolute atomic E-state index is 12.1. The fourth-order valence-corrected chi connectivity index (χ4v) is 2.84. The van der Waals surface area contributed by atoms with Gasteiger partial charge in [0.15, 0.2) is 0 Å². The lowest BCUT2D eigenvalue weighted by Crippen LogP contribution is -2.35. The number of ether oxygens (including phenoxy) is 2. The van der Waals surface area contributed by atoms with Gasteiger partial charge in [0.2, 0.25) is 0 Å². The van der Waals surface area contributed by atoms with Crippen molar-refractivity contribution in [3.63, 3.8) is 0 Å². The van der Waals surface area contributed by atoms with E-state index in [4.69, 9.17) is 9.47 Å². The van der Waals surface area contributed by atoms with Crippen molar-refractivity contribution < 1.29 is 14.3 Å². The van der Waals surface area contributed by atoms with Crippen molar-refractivity contribution in [3.05, 3.63) is 59.9 Å². The molecule has 1 aliphatic heterocycles. The van der Waals surface area contributed by atoms with Crippen molar-refractivity contribution in [2.75, 3.05) is 32.8 Å². The Bertz CT molecular complexity index is 702. The molecule has 1 aliphatic rings. The van der Waals surface area contributed by atoms with Crippen LogP contribution in [0.2, 0.25) is 0 Å². The number of carbonyl (C=O) groups excluding carboxylic acids is 1. The summed E-state index contributed by atoms with van der Waals surface area (Å²) in [5.74, 6) is 0.675. The third-order valence-corrected chi connectivity index (χ3v) is 4.22. The van der Waals surface area contributed by atoms with E-state index < -0.39 is 0 Å². The third kappa shape index (κ3) is 5.54. The highest BCUT2D eigenvalue weighted by Gasteiger charge is 2.12. The smallest absolute Gasteiger partial charge is 0.252 e. The van der Waals surface area contributed by atoms with Crippen LogP contribution in [-0.2, 0) is 11.3 Å². The average molecular weight is 355 g/mol. The number of nitrogens with one attached hydrogen (secondary N) is 1. The van der Waals surface area contributed by atoms with Crippen molar-refractivity contribution >= 4 is 5.91 Å². The molecule has 2 heterocycles. The van der Waals surface area contributed by atoms with Gasteiger partial charge in [-0.2, -0.15) is 0 Å². The molecule has 1 amide bonds. The number of aromatic nitrogens is 1. The quantitative estimate of drug-likeness (QED) is 0.824. The maximum Gasteiger partial charge on any atom is 0.252 e. The van der Waals surface area contributed by atoms with Crippen molar-refractivity contribution in [1.29, 1.82) is 0 Å². The second-order valence-corrected chi connectivity index (χ2v) is 6.42. The van der Waals surface area contributed by atoms with Crippen LogP contribution in [0, 0.1) is 0 Å². The summed E-state index contributed by atoms with van der Waals surface area (Å²) < 4.78 is 11.3. The molecule has 1 N–H and O–H groups in total. The van der Waals surface area contributed by atoms with Gasteiger partial charge in [0.25, 0.3) is 5.91 Å². The van der Waals surface area contributed by atoms with Crippen LogP contribution in [0.5, 0.6) is 5.75 Å². The molecule has 1 saturated heterocycles. The van der Waals surface area contributed by atoms with Crippen LogP contribution in [0.3, 0.4) is 0 Å². The molecule has 1 aromatic heterocycles. The number of carbonyl (C=O) groups is 1. The van der Waals surface area contributed by atoms with Gasteiger partial charge in [0.1, 0.15) is 11.9 Å². The predicted molar refractivity (Wildman–Crippen MR) is 99.2 cm³/mol. The molecule has 1 atom stereocenters. The van der Waals surface area contributed by atoms with E-state index in [1.807, 2.05) is 19.1 Å². The van der Waals surface area contributed by atoms with Gasteiger partial charge in [-0.3, -0.25) is 14.7 Å². The predicted octanol–water partition coefficient (Wildman–Crippen LogP) is 2.11. The van der Waals surface area contributed by atoms with E-state index in [2.05, 4.69) is 27.3 Å². The Morgan fingerprint density at radius 2 is 2.15 bits per heavy atom. The normalized spacial score (nSPS) is 16.0. The second kappa shape index (κ2) is 9.31. The molecule has 0 radical (unpaired) electrons. The van der Waals surface area contributed by atoms with Gasteiger partial charge in [0, 0.05) is 32.0 Å². The Morgan fingerprint density at radius 1 is 1.31 bits per heavy atom. The van der Waals surface area contributed by atoms with E-state index in [0.717, 1.165) is 38.6 Å². The highest BCUT2D eigenvalue weighted by atomic mass is 16.5. The van der Waals surface area contributed by atoms with Crippen LogP contribution in [0.1, 0.15) is 22.8 Å². The Kier molecular flexibility index (Phi) is 6.57. The zero-order chi connectivity index (χ0) is 18.2. The molecule has 26 heavy (non-hydrogen) atoms. The first-order chi connectivity index (χ1) is 12.7. The van der Waals surface area contributed by atoms with Gasteiger partial charge in [-0.25, -0.2) is 0 Å². The Labute approximate surface area is 154 Å². The number of morpholine rings is 1. The highest BCUT2D eigenvalue weighted by Crippen LogP contribution is 2.17. The molecule has 3 rings (SSSR count). The number of amides is 1. The zero-order valence-electron chi connectivity index (χ0n) is 15.1. The average Bonchev–Trinajstić information content (AvgIpc) is 2.68. The molecule has 6 nitrogen and oxygen atoms in total. The maximum atomic E-state index is 12.1. The van der Waals surface area contributed by atoms with Crippen molar-refractivity contribution in [2.24, 2.45) is 0 Å². The van der Waals surface area contributed by atoms with E-state index in [1.54, 1.807) is 24.5 Å². The fraction of sp³-hybridized carbons (Fsp3) is 0.400. The summed E-state index contributed by atoms with van der Waals surface area (Å²) in [4.78, 5) is 18.4. The summed E-state index contributed by atoms with van der Waals surface area (Å²) >= 11 is 0. The lowest BCUT2D eigenvalue weighted by Gasteiger charge is -2.26. The van der Waals surface area contributed by atoms with E-state index in [9.17, 15) is 4.79 Å². The molecule has 0 bridgehead atoms. The first-order valence-electron chi connectivity index (χ1n) is 8.94. The number of benzene rings is 1. The van der Waals surface area contributed by atoms with Crippen molar-refractivity contribution in [3.8, 4) is 5.75 Å². The summed E-state index contributed by atoms with van der Waals surface area (Å²) in [5, 5.41) is 2.87. The van der Waals surface area contributed by atoms with Crippen molar-refractivity contribution in [1.82, 2.24) is 15.2 Å². The molecular weight excluding hydrogens is 330 g/mol. The van der Waals surface area contributed by atoms with E-state index in [-0.39, 0.29) is 12.0 Å². The summed E-state index contributed by atoms with van der Waals surface area (Å²) in [6.45, 7) is 6.78. The first-order valence-corrected chi connectivity index (χ1v) is 8.94. The number of hydrogen-bond donors (Lipinski definition) is 1. The van der Waals surface area contributed by atoms with Crippen LogP contribution in [0.4, 0.5) is 0 Å². The molecule has 138 valence electrons. The van der Waals surface area contributed by atoms with E-state index in [1.165, 1.54) is 5.56 Å². The van der Waals surface area contributed by atoms with Crippen LogP contribution >= 0.6 is 0 Å². The Balaban J connectivity index is 1.48. The Morgan fingerprint density at radius 3 is 2.92 bits per heavy atom. The van der Waals surface area contributed by atoms with Gasteiger partial charge in [-0.1, -0.05) is 12.1 Å². The lowest BCUT2D eigenvalue weighted by atomic mass is 10.2. The van der Waals surface area contributed by atoms with Gasteiger partial charge in [0.05, 0.1) is 25.3 Å². The van der Waals surface area contributed by atoms with Gasteiger partial charge >= 0.3 is 0 Å². The standard InChI is InChI=1S/C20H25N3O3/c1-16(13-22-20(24)18-5-3-7-21-14-18)26-19-6-2-4-17(12-19)15-23-8-10-25-11-9-23/h2-7,12,14,16H,8-11,13,15H2,1H3,(H,22,24). The van der Waals surface area contributed by atoms with Gasteiger partial charge in [-0.05, 0) is 36.8 Å². The number of nitrogens with zero attached hydrogens (tertiary/aromatic N) is 2. The monoisotopic (exact) mass is 355 g/mol. The summed E-state index contributed by atoms with van der Waals surface area (Å²) in [7, 11) is 0. The fourth-order valence-electron chi connectivity index (χ4n) is 2.84. The molecule has 1 unspecified atom stereocenters. The van der Waals surface area contributed by atoms with Crippen LogP contribution < -0.4 is 10.1 Å². The minimum absolute atomic E-state index is 0.130. The van der Waals surface area contributed by atoms with Gasteiger partial charge < -0.3 is 14.8 Å². The topological polar surface area (TPSA) is 63.7 Å². The zero-order valence-corrected chi connectivity index (χ0v) is 15.1. The van der Waals surface area contributed by atoms with E-state index in [0.29, 0.717) is 12.1 Å². The number of hydrogen-bond acceptors (Lipinski definition) is 5. The molecule has 2 aromatic rings. The molecule has 1 fully saturated rings. The third-order valence-electron chi connectivity index (χ3n) is 4.22. The van der Waals surface area contributed by atoms with Crippen LogP contribution in [0.25, 0.3) is 0 Å². The summed E-state index contributed by atoms with van der Waals surface area (Å²) in [5.41, 5.74) is 1.77. The van der Waals surface area contributed by atoms with Crippen LogP contribution in [-0.4, -0.2) is 54.7 Å². The molecule has 1 aromatic carbocycles. The largest absolute Gasteiger partial charge is 0.489 e. The highest BCUT2D eigenvalue weighted by molar-refractivity contribution is 5.93. The first kappa shape index (κ1) is 18.4. The van der Waals surface area contributed by atoms with Crippen LogP contribution in [0.15, 0.2) is 48.8 Å². The SMILES string of the molecule is CC(CNC(=O)c1cccnc1)Oc1cccc(CN2CCOCC2)c1. The molecule has 0 spiro atoms. The van der Waals surface area contributed by atoms with Gasteiger partial charge in [-0.15, -0.1) is 0 Å². The molecule has 0 saturated carbocycles. The summed E-state index contributed by atoms with van der Waals surface area (Å²) in [6.07, 6.45) is 3.07. The minimum Gasteiger partial charge on any atom is -0.489 e. The number of rotatable bonds is 7. The summed E-state index contributed by atoms with van der Waals surface area (Å²) in [6, 6.07) is 11.6. The molecular formula is C20H25N3O3. The van der Waals surface area contributed by atoms with Crippen molar-refractivity contribution in [2.45, 2.75) is 19.6 Å². The Hall–Kier alpha value is -2.44. The second-order valence-electron chi connectivity index (χ2n) is 6.42. The van der Waals surface area contributed by atoms with E-state index >= 15 is 0 Å².